The summed E-state index contributed by atoms with van der Waals surface area (Å²) in [5.41, 5.74) is 3.07. The molecular formula is C19H15BrClN5O. The van der Waals surface area contributed by atoms with E-state index in [1.54, 1.807) is 21.6 Å². The second kappa shape index (κ2) is 7.25. The van der Waals surface area contributed by atoms with Gasteiger partial charge in [0, 0.05) is 24.2 Å². The highest BCUT2D eigenvalue weighted by molar-refractivity contribution is 9.10. The molecule has 136 valence electrons. The van der Waals surface area contributed by atoms with Crippen molar-refractivity contribution in [3.63, 3.8) is 0 Å². The van der Waals surface area contributed by atoms with Crippen molar-refractivity contribution < 1.29 is 0 Å². The fourth-order valence-corrected chi connectivity index (χ4v) is 3.30. The summed E-state index contributed by atoms with van der Waals surface area (Å²) < 4.78 is 3.96. The van der Waals surface area contributed by atoms with Crippen LogP contribution in [0.15, 0.2) is 58.2 Å². The molecule has 0 amide bonds. The molecule has 0 aliphatic rings. The van der Waals surface area contributed by atoms with E-state index in [1.165, 1.54) is 0 Å². The van der Waals surface area contributed by atoms with E-state index in [0.717, 1.165) is 16.8 Å². The van der Waals surface area contributed by atoms with Crippen LogP contribution in [0.4, 0.5) is 0 Å². The van der Waals surface area contributed by atoms with Gasteiger partial charge in [-0.3, -0.25) is 9.36 Å². The molecule has 0 bridgehead atoms. The van der Waals surface area contributed by atoms with Crippen molar-refractivity contribution in [3.8, 4) is 17.1 Å². The van der Waals surface area contributed by atoms with Gasteiger partial charge >= 0.3 is 0 Å². The van der Waals surface area contributed by atoms with E-state index < -0.39 is 0 Å². The first-order valence-electron chi connectivity index (χ1n) is 8.32. The molecule has 0 saturated heterocycles. The Morgan fingerprint density at radius 2 is 1.89 bits per heavy atom. The molecule has 0 unspecified atom stereocenters. The standard InChI is InChI=1S/C19H15BrClN5O/c1-12-2-5-14(6-3-12)26-18-15(11-23-26)19(27)25(9-8-21)17(24-18)13-4-7-16(20)22-10-13/h2-7,10-11H,8-9H2,1H3. The molecule has 3 aromatic heterocycles. The minimum Gasteiger partial charge on any atom is -0.291 e. The molecule has 4 aromatic rings. The summed E-state index contributed by atoms with van der Waals surface area (Å²) >= 11 is 9.26. The van der Waals surface area contributed by atoms with Crippen molar-refractivity contribution in [2.45, 2.75) is 13.5 Å². The monoisotopic (exact) mass is 443 g/mol. The number of rotatable bonds is 4. The predicted octanol–water partition coefficient (Wildman–Crippen LogP) is 3.95. The SMILES string of the molecule is Cc1ccc(-n2ncc3c(=O)n(CCCl)c(-c4ccc(Br)nc4)nc32)cc1. The Kier molecular flexibility index (Phi) is 4.80. The maximum absolute atomic E-state index is 13.1. The Balaban J connectivity index is 1.99. The molecule has 0 atom stereocenters. The fraction of sp³-hybridized carbons (Fsp3) is 0.158. The summed E-state index contributed by atoms with van der Waals surface area (Å²) in [6, 6.07) is 11.6. The average molecular weight is 445 g/mol. The number of pyridine rings is 1. The van der Waals surface area contributed by atoms with Crippen molar-refractivity contribution in [2.75, 3.05) is 5.88 Å². The van der Waals surface area contributed by atoms with Gasteiger partial charge in [-0.25, -0.2) is 14.6 Å². The zero-order chi connectivity index (χ0) is 19.0. The van der Waals surface area contributed by atoms with E-state index in [9.17, 15) is 4.79 Å². The van der Waals surface area contributed by atoms with Gasteiger partial charge in [-0.05, 0) is 47.1 Å². The van der Waals surface area contributed by atoms with Gasteiger partial charge < -0.3 is 0 Å². The van der Waals surface area contributed by atoms with Gasteiger partial charge in [0.05, 0.1) is 11.9 Å². The molecule has 0 fully saturated rings. The van der Waals surface area contributed by atoms with Crippen molar-refractivity contribution in [1.29, 1.82) is 0 Å². The molecule has 6 nitrogen and oxygen atoms in total. The highest BCUT2D eigenvalue weighted by atomic mass is 79.9. The first-order chi connectivity index (χ1) is 13.1. The lowest BCUT2D eigenvalue weighted by molar-refractivity contribution is 0.730. The van der Waals surface area contributed by atoms with Gasteiger partial charge in [-0.2, -0.15) is 5.10 Å². The summed E-state index contributed by atoms with van der Waals surface area (Å²) in [5.74, 6) is 0.817. The summed E-state index contributed by atoms with van der Waals surface area (Å²) in [6.07, 6.45) is 3.23. The van der Waals surface area contributed by atoms with Crippen LogP contribution < -0.4 is 5.56 Å². The zero-order valence-corrected chi connectivity index (χ0v) is 16.8. The van der Waals surface area contributed by atoms with E-state index >= 15 is 0 Å². The maximum atomic E-state index is 13.1. The minimum absolute atomic E-state index is 0.170. The maximum Gasteiger partial charge on any atom is 0.264 e. The lowest BCUT2D eigenvalue weighted by Gasteiger charge is -2.12. The topological polar surface area (TPSA) is 65.6 Å². The van der Waals surface area contributed by atoms with Gasteiger partial charge in [0.25, 0.3) is 5.56 Å². The molecule has 0 aliphatic heterocycles. The van der Waals surface area contributed by atoms with Crippen LogP contribution in [-0.2, 0) is 6.54 Å². The van der Waals surface area contributed by atoms with Gasteiger partial charge in [0.2, 0.25) is 0 Å². The number of fused-ring (bicyclic) bond motifs is 1. The molecule has 0 radical (unpaired) electrons. The van der Waals surface area contributed by atoms with Crippen molar-refractivity contribution >= 4 is 38.6 Å². The lowest BCUT2D eigenvalue weighted by atomic mass is 10.2. The van der Waals surface area contributed by atoms with Crippen LogP contribution in [0.3, 0.4) is 0 Å². The fourth-order valence-electron chi connectivity index (χ4n) is 2.90. The summed E-state index contributed by atoms with van der Waals surface area (Å²) in [6.45, 7) is 2.37. The third-order valence-corrected chi connectivity index (χ3v) is 4.90. The third kappa shape index (κ3) is 3.28. The largest absolute Gasteiger partial charge is 0.291 e. The van der Waals surface area contributed by atoms with Crippen LogP contribution in [0, 0.1) is 6.92 Å². The first-order valence-corrected chi connectivity index (χ1v) is 9.65. The predicted molar refractivity (Wildman–Crippen MR) is 110 cm³/mol. The lowest BCUT2D eigenvalue weighted by Crippen LogP contribution is -2.24. The van der Waals surface area contributed by atoms with Gasteiger partial charge in [0.1, 0.15) is 15.8 Å². The van der Waals surface area contributed by atoms with Gasteiger partial charge in [-0.1, -0.05) is 17.7 Å². The zero-order valence-electron chi connectivity index (χ0n) is 14.4. The summed E-state index contributed by atoms with van der Waals surface area (Å²) in [4.78, 5) is 22.1. The normalized spacial score (nSPS) is 11.2. The Bertz CT molecular complexity index is 1170. The third-order valence-electron chi connectivity index (χ3n) is 4.26. The number of alkyl halides is 1. The second-order valence-electron chi connectivity index (χ2n) is 6.08. The van der Waals surface area contributed by atoms with Crippen LogP contribution in [0.5, 0.6) is 0 Å². The van der Waals surface area contributed by atoms with Crippen molar-refractivity contribution in [3.05, 3.63) is 69.3 Å². The molecule has 4 rings (SSSR count). The number of nitrogens with zero attached hydrogens (tertiary/aromatic N) is 5. The molecule has 0 saturated carbocycles. The molecule has 1 aromatic carbocycles. The van der Waals surface area contributed by atoms with Gasteiger partial charge in [-0.15, -0.1) is 11.6 Å². The van der Waals surface area contributed by atoms with E-state index in [-0.39, 0.29) is 5.56 Å². The van der Waals surface area contributed by atoms with Crippen LogP contribution in [0.1, 0.15) is 5.56 Å². The minimum atomic E-state index is -0.170. The second-order valence-corrected chi connectivity index (χ2v) is 7.27. The van der Waals surface area contributed by atoms with E-state index in [4.69, 9.17) is 16.6 Å². The van der Waals surface area contributed by atoms with E-state index in [2.05, 4.69) is 26.0 Å². The number of halogens is 2. The van der Waals surface area contributed by atoms with E-state index in [1.807, 2.05) is 43.3 Å². The van der Waals surface area contributed by atoms with Crippen molar-refractivity contribution in [1.82, 2.24) is 24.3 Å². The van der Waals surface area contributed by atoms with Crippen LogP contribution in [0.25, 0.3) is 28.1 Å². The summed E-state index contributed by atoms with van der Waals surface area (Å²) in [5, 5.41) is 4.84. The number of aromatic nitrogens is 5. The molecule has 0 N–H and O–H groups in total. The molecule has 27 heavy (non-hydrogen) atoms. The van der Waals surface area contributed by atoms with Crippen LogP contribution >= 0.6 is 27.5 Å². The number of benzene rings is 1. The highest BCUT2D eigenvalue weighted by Gasteiger charge is 2.17. The van der Waals surface area contributed by atoms with Crippen LogP contribution in [-0.4, -0.2) is 30.2 Å². The number of aryl methyl sites for hydroxylation is 1. The molecule has 3 heterocycles. The molecule has 0 aliphatic carbocycles. The quantitative estimate of drug-likeness (QED) is 0.353. The Labute approximate surface area is 168 Å². The smallest absolute Gasteiger partial charge is 0.264 e. The molecule has 0 spiro atoms. The number of hydrogen-bond donors (Lipinski definition) is 0. The van der Waals surface area contributed by atoms with E-state index in [0.29, 0.717) is 33.9 Å². The molecular weight excluding hydrogens is 430 g/mol. The molecule has 8 heteroatoms. The average Bonchev–Trinajstić information content (AvgIpc) is 3.09. The number of hydrogen-bond acceptors (Lipinski definition) is 4. The Morgan fingerprint density at radius 1 is 1.11 bits per heavy atom. The first kappa shape index (κ1) is 17.9. The highest BCUT2D eigenvalue weighted by Crippen LogP contribution is 2.21. The Hall–Kier alpha value is -2.51. The summed E-state index contributed by atoms with van der Waals surface area (Å²) in [7, 11) is 0. The Morgan fingerprint density at radius 3 is 2.56 bits per heavy atom. The van der Waals surface area contributed by atoms with Crippen molar-refractivity contribution in [2.24, 2.45) is 0 Å². The van der Waals surface area contributed by atoms with Crippen LogP contribution in [0.2, 0.25) is 0 Å². The van der Waals surface area contributed by atoms with Gasteiger partial charge in [0.15, 0.2) is 5.65 Å².